The van der Waals surface area contributed by atoms with Crippen molar-refractivity contribution in [1.82, 2.24) is 14.7 Å². The zero-order chi connectivity index (χ0) is 19.5. The van der Waals surface area contributed by atoms with Gasteiger partial charge in [-0.05, 0) is 38.0 Å². The van der Waals surface area contributed by atoms with Crippen molar-refractivity contribution < 1.29 is 9.53 Å². The summed E-state index contributed by atoms with van der Waals surface area (Å²) < 4.78 is 7.52. The van der Waals surface area contributed by atoms with Gasteiger partial charge in [0.1, 0.15) is 5.75 Å². The first kappa shape index (κ1) is 18.3. The summed E-state index contributed by atoms with van der Waals surface area (Å²) >= 11 is 0. The molecule has 0 spiro atoms. The quantitative estimate of drug-likeness (QED) is 0.604. The van der Waals surface area contributed by atoms with Gasteiger partial charge in [-0.2, -0.15) is 5.10 Å². The highest BCUT2D eigenvalue weighted by Gasteiger charge is 2.28. The molecule has 1 amide bonds. The number of amides is 1. The van der Waals surface area contributed by atoms with E-state index < -0.39 is 0 Å². The van der Waals surface area contributed by atoms with Gasteiger partial charge in [-0.1, -0.05) is 48.6 Å². The maximum absolute atomic E-state index is 12.4. The Labute approximate surface area is 165 Å². The fraction of sp³-hybridized carbons (Fsp3) is 0.304. The lowest BCUT2D eigenvalue weighted by Gasteiger charge is -2.30. The molecule has 3 aromatic rings. The van der Waals surface area contributed by atoms with Crippen LogP contribution in [0.25, 0.3) is 10.9 Å². The van der Waals surface area contributed by atoms with Crippen LogP contribution < -0.4 is 4.74 Å². The van der Waals surface area contributed by atoms with Crippen LogP contribution in [-0.4, -0.2) is 33.9 Å². The van der Waals surface area contributed by atoms with Crippen LogP contribution in [0.2, 0.25) is 0 Å². The number of aromatic nitrogens is 2. The molecule has 5 nitrogen and oxygen atoms in total. The number of allylic oxidation sites excluding steroid dienone is 1. The zero-order valence-corrected chi connectivity index (χ0v) is 16.2. The number of hydrogen-bond acceptors (Lipinski definition) is 3. The number of para-hydroxylation sites is 2. The molecule has 1 saturated heterocycles. The van der Waals surface area contributed by atoms with Crippen molar-refractivity contribution in [3.63, 3.8) is 0 Å². The van der Waals surface area contributed by atoms with Crippen molar-refractivity contribution in [2.45, 2.75) is 32.2 Å². The molecule has 28 heavy (non-hydrogen) atoms. The van der Waals surface area contributed by atoms with E-state index in [1.165, 1.54) is 5.39 Å². The first-order valence-electron chi connectivity index (χ1n) is 9.73. The van der Waals surface area contributed by atoms with E-state index in [9.17, 15) is 4.79 Å². The van der Waals surface area contributed by atoms with Crippen molar-refractivity contribution in [2.75, 3.05) is 13.1 Å². The van der Waals surface area contributed by atoms with E-state index in [0.717, 1.165) is 36.2 Å². The van der Waals surface area contributed by atoms with E-state index in [4.69, 9.17) is 9.84 Å². The predicted molar refractivity (Wildman–Crippen MR) is 111 cm³/mol. The van der Waals surface area contributed by atoms with Crippen LogP contribution in [0.5, 0.6) is 5.75 Å². The molecule has 0 bridgehead atoms. The van der Waals surface area contributed by atoms with Crippen LogP contribution in [0.1, 0.15) is 31.4 Å². The minimum Gasteiger partial charge on any atom is -0.410 e. The number of rotatable bonds is 4. The molecule has 1 aliphatic rings. The highest BCUT2D eigenvalue weighted by Crippen LogP contribution is 2.33. The summed E-state index contributed by atoms with van der Waals surface area (Å²) in [5, 5.41) is 6.11. The first-order valence-corrected chi connectivity index (χ1v) is 9.73. The lowest BCUT2D eigenvalue weighted by Crippen LogP contribution is -2.39. The number of nitrogens with zero attached hydrogens (tertiary/aromatic N) is 3. The summed E-state index contributed by atoms with van der Waals surface area (Å²) in [6.45, 7) is 8.13. The second-order valence-electron chi connectivity index (χ2n) is 7.46. The second-order valence-corrected chi connectivity index (χ2v) is 7.46. The maximum atomic E-state index is 12.4. The Bertz CT molecular complexity index is 986. The minimum atomic E-state index is -0.276. The minimum absolute atomic E-state index is 0.276. The third kappa shape index (κ3) is 3.79. The molecule has 2 heterocycles. The van der Waals surface area contributed by atoms with Crippen molar-refractivity contribution in [3.8, 4) is 5.75 Å². The Kier molecular flexibility index (Phi) is 5.15. The predicted octanol–water partition coefficient (Wildman–Crippen LogP) is 4.99. The van der Waals surface area contributed by atoms with Crippen LogP contribution >= 0.6 is 0 Å². The van der Waals surface area contributed by atoms with Crippen LogP contribution in [0.3, 0.4) is 0 Å². The summed E-state index contributed by atoms with van der Waals surface area (Å²) in [6, 6.07) is 17.6. The van der Waals surface area contributed by atoms with E-state index in [1.54, 1.807) is 17.0 Å². The second kappa shape index (κ2) is 7.89. The summed E-state index contributed by atoms with van der Waals surface area (Å²) in [5.74, 6) is 0.927. The SMILES string of the molecule is C=C(C)Cn1nc(C2CCN(C(=O)Oc3ccccc3)CC2)c2ccccc21. The topological polar surface area (TPSA) is 47.4 Å². The summed E-state index contributed by atoms with van der Waals surface area (Å²) in [7, 11) is 0. The average molecular weight is 375 g/mol. The summed E-state index contributed by atoms with van der Waals surface area (Å²) in [4.78, 5) is 14.2. The molecule has 1 aliphatic heterocycles. The fourth-order valence-electron chi connectivity index (χ4n) is 3.82. The summed E-state index contributed by atoms with van der Waals surface area (Å²) in [5.41, 5.74) is 3.36. The maximum Gasteiger partial charge on any atom is 0.415 e. The van der Waals surface area contributed by atoms with E-state index in [1.807, 2.05) is 35.9 Å². The standard InChI is InChI=1S/C23H25N3O2/c1-17(2)16-26-21-11-7-6-10-20(21)22(24-26)18-12-14-25(15-13-18)23(27)28-19-8-4-3-5-9-19/h3-11,18H,1,12-16H2,2H3. The monoisotopic (exact) mass is 375 g/mol. The molecule has 4 rings (SSSR count). The normalized spacial score (nSPS) is 15.0. The number of fused-ring (bicyclic) bond motifs is 1. The summed E-state index contributed by atoms with van der Waals surface area (Å²) in [6.07, 6.45) is 1.50. The van der Waals surface area contributed by atoms with Gasteiger partial charge >= 0.3 is 6.09 Å². The number of piperidine rings is 1. The molecule has 2 aromatic carbocycles. The van der Waals surface area contributed by atoms with E-state index >= 15 is 0 Å². The zero-order valence-electron chi connectivity index (χ0n) is 16.2. The van der Waals surface area contributed by atoms with Crippen molar-refractivity contribution >= 4 is 17.0 Å². The third-order valence-electron chi connectivity index (χ3n) is 5.19. The van der Waals surface area contributed by atoms with Crippen molar-refractivity contribution in [3.05, 3.63) is 72.4 Å². The highest BCUT2D eigenvalue weighted by atomic mass is 16.6. The number of ether oxygens (including phenoxy) is 1. The van der Waals surface area contributed by atoms with Gasteiger partial charge in [0.25, 0.3) is 0 Å². The Morgan fingerprint density at radius 2 is 1.79 bits per heavy atom. The molecule has 1 fully saturated rings. The number of benzene rings is 2. The molecule has 1 aromatic heterocycles. The van der Waals surface area contributed by atoms with Gasteiger partial charge in [0.05, 0.1) is 17.8 Å². The lowest BCUT2D eigenvalue weighted by atomic mass is 9.92. The van der Waals surface area contributed by atoms with E-state index in [0.29, 0.717) is 24.8 Å². The van der Waals surface area contributed by atoms with E-state index in [-0.39, 0.29) is 6.09 Å². The van der Waals surface area contributed by atoms with Crippen molar-refractivity contribution in [1.29, 1.82) is 0 Å². The Morgan fingerprint density at radius 3 is 2.50 bits per heavy atom. The Morgan fingerprint density at radius 1 is 1.11 bits per heavy atom. The van der Waals surface area contributed by atoms with Gasteiger partial charge in [0.15, 0.2) is 0 Å². The molecule has 0 N–H and O–H groups in total. The van der Waals surface area contributed by atoms with Crippen molar-refractivity contribution in [2.24, 2.45) is 0 Å². The number of carbonyl (C=O) groups excluding carboxylic acids is 1. The molecule has 144 valence electrons. The van der Waals surface area contributed by atoms with Gasteiger partial charge in [-0.25, -0.2) is 4.79 Å². The van der Waals surface area contributed by atoms with Crippen LogP contribution in [0.4, 0.5) is 4.79 Å². The molecule has 0 aliphatic carbocycles. The van der Waals surface area contributed by atoms with E-state index in [2.05, 4.69) is 24.8 Å². The largest absolute Gasteiger partial charge is 0.415 e. The van der Waals surface area contributed by atoms with Crippen LogP contribution in [0, 0.1) is 0 Å². The third-order valence-corrected chi connectivity index (χ3v) is 5.19. The van der Waals surface area contributed by atoms with Gasteiger partial charge in [0.2, 0.25) is 0 Å². The molecule has 0 radical (unpaired) electrons. The van der Waals surface area contributed by atoms with Gasteiger partial charge < -0.3 is 9.64 Å². The molecule has 0 unspecified atom stereocenters. The number of hydrogen-bond donors (Lipinski definition) is 0. The van der Waals surface area contributed by atoms with Crippen LogP contribution in [-0.2, 0) is 6.54 Å². The average Bonchev–Trinajstić information content (AvgIpc) is 3.07. The first-order chi connectivity index (χ1) is 13.6. The van der Waals surface area contributed by atoms with Gasteiger partial charge in [-0.15, -0.1) is 0 Å². The lowest BCUT2D eigenvalue weighted by molar-refractivity contribution is 0.138. The van der Waals surface area contributed by atoms with Crippen LogP contribution in [0.15, 0.2) is 66.7 Å². The van der Waals surface area contributed by atoms with Gasteiger partial charge in [0, 0.05) is 24.4 Å². The smallest absolute Gasteiger partial charge is 0.410 e. The number of likely N-dealkylation sites (tertiary alicyclic amines) is 1. The number of carbonyl (C=O) groups is 1. The molecule has 0 atom stereocenters. The Hall–Kier alpha value is -3.08. The molecule has 0 saturated carbocycles. The molecular formula is C23H25N3O2. The fourth-order valence-corrected chi connectivity index (χ4v) is 3.82. The van der Waals surface area contributed by atoms with Gasteiger partial charge in [-0.3, -0.25) is 4.68 Å². The molecular weight excluding hydrogens is 350 g/mol. The molecule has 5 heteroatoms. The Balaban J connectivity index is 1.46. The highest BCUT2D eigenvalue weighted by molar-refractivity contribution is 5.82.